The van der Waals surface area contributed by atoms with E-state index in [1.54, 1.807) is 24.3 Å². The van der Waals surface area contributed by atoms with Gasteiger partial charge in [-0.1, -0.05) is 37.8 Å². The summed E-state index contributed by atoms with van der Waals surface area (Å²) in [6.07, 6.45) is 8.56. The predicted molar refractivity (Wildman–Crippen MR) is 108 cm³/mol. The number of nitrogens with one attached hydrogen (secondary N) is 3. The second kappa shape index (κ2) is 12.0. The molecule has 4 N–H and O–H groups in total. The molecule has 0 aromatic heterocycles. The Morgan fingerprint density at radius 2 is 1.82 bits per heavy atom. The summed E-state index contributed by atoms with van der Waals surface area (Å²) < 4.78 is 0. The lowest BCUT2D eigenvalue weighted by atomic mass is 9.96. The number of aliphatic carboxylic acids is 1. The average molecular weight is 389 g/mol. The number of hydrogen-bond acceptors (Lipinski definition) is 3. The summed E-state index contributed by atoms with van der Waals surface area (Å²) >= 11 is 0. The van der Waals surface area contributed by atoms with Gasteiger partial charge in [-0.3, -0.25) is 9.59 Å². The van der Waals surface area contributed by atoms with Gasteiger partial charge in [0.2, 0.25) is 5.91 Å². The number of carboxylic acid groups (broad SMARTS) is 1. The van der Waals surface area contributed by atoms with Gasteiger partial charge in [-0.05, 0) is 43.4 Å². The normalized spacial score (nSPS) is 14.3. The van der Waals surface area contributed by atoms with Gasteiger partial charge in [0, 0.05) is 24.7 Å². The number of rotatable bonds is 10. The molecule has 2 rings (SSSR count). The van der Waals surface area contributed by atoms with Crippen molar-refractivity contribution in [2.75, 3.05) is 11.9 Å². The zero-order valence-electron chi connectivity index (χ0n) is 16.3. The van der Waals surface area contributed by atoms with Crippen LogP contribution in [0.15, 0.2) is 24.3 Å². The molecule has 1 aliphatic rings. The van der Waals surface area contributed by atoms with Gasteiger partial charge in [0.1, 0.15) is 0 Å². The molecule has 0 atom stereocenters. The minimum absolute atomic E-state index is 0.0644. The molecule has 0 bridgehead atoms. The summed E-state index contributed by atoms with van der Waals surface area (Å²) in [5, 5.41) is 17.5. The molecular formula is C21H31N3O4. The first kappa shape index (κ1) is 21.7. The number of carboxylic acids is 1. The second-order valence-corrected chi connectivity index (χ2v) is 7.36. The van der Waals surface area contributed by atoms with E-state index in [9.17, 15) is 14.4 Å². The number of anilines is 1. The Kier molecular flexibility index (Phi) is 9.31. The van der Waals surface area contributed by atoms with Crippen molar-refractivity contribution in [2.45, 2.75) is 70.3 Å². The standard InChI is InChI=1S/C21H31N3O4/c25-19(23-18-11-7-8-16(14-18)15-20(26)27)12-5-2-6-13-22-21(28)24-17-9-3-1-4-10-17/h7-8,11,14,17H,1-6,9-10,12-13,15H2,(H,23,25)(H,26,27)(H2,22,24,28). The van der Waals surface area contributed by atoms with E-state index in [-0.39, 0.29) is 18.4 Å². The highest BCUT2D eigenvalue weighted by Gasteiger charge is 2.15. The largest absolute Gasteiger partial charge is 0.481 e. The fourth-order valence-electron chi connectivity index (χ4n) is 3.43. The van der Waals surface area contributed by atoms with Gasteiger partial charge in [0.05, 0.1) is 6.42 Å². The maximum absolute atomic E-state index is 12.0. The van der Waals surface area contributed by atoms with Gasteiger partial charge < -0.3 is 21.1 Å². The fourth-order valence-corrected chi connectivity index (χ4v) is 3.43. The van der Waals surface area contributed by atoms with Gasteiger partial charge in [-0.2, -0.15) is 0 Å². The van der Waals surface area contributed by atoms with Crippen LogP contribution in [0.25, 0.3) is 0 Å². The summed E-state index contributed by atoms with van der Waals surface area (Å²) in [5.41, 5.74) is 1.27. The van der Waals surface area contributed by atoms with Crippen LogP contribution in [-0.2, 0) is 16.0 Å². The molecule has 28 heavy (non-hydrogen) atoms. The zero-order valence-corrected chi connectivity index (χ0v) is 16.3. The molecule has 3 amide bonds. The Morgan fingerprint density at radius 1 is 1.04 bits per heavy atom. The number of hydrogen-bond donors (Lipinski definition) is 4. The van der Waals surface area contributed by atoms with E-state index in [4.69, 9.17) is 5.11 Å². The van der Waals surface area contributed by atoms with Crippen molar-refractivity contribution < 1.29 is 19.5 Å². The van der Waals surface area contributed by atoms with Crippen LogP contribution in [0.1, 0.15) is 63.4 Å². The Bertz CT molecular complexity index is 657. The number of amides is 3. The Hall–Kier alpha value is -2.57. The minimum atomic E-state index is -0.899. The van der Waals surface area contributed by atoms with Gasteiger partial charge in [0.15, 0.2) is 0 Å². The summed E-state index contributed by atoms with van der Waals surface area (Å²) in [7, 11) is 0. The van der Waals surface area contributed by atoms with Crippen LogP contribution in [0.5, 0.6) is 0 Å². The number of benzene rings is 1. The van der Waals surface area contributed by atoms with E-state index in [1.807, 2.05) is 0 Å². The highest BCUT2D eigenvalue weighted by Crippen LogP contribution is 2.17. The van der Waals surface area contributed by atoms with Crippen molar-refractivity contribution in [2.24, 2.45) is 0 Å². The van der Waals surface area contributed by atoms with Crippen LogP contribution in [-0.4, -0.2) is 35.6 Å². The van der Waals surface area contributed by atoms with Crippen LogP contribution in [0.4, 0.5) is 10.5 Å². The molecule has 1 aliphatic carbocycles. The van der Waals surface area contributed by atoms with Crippen molar-refractivity contribution >= 4 is 23.6 Å². The van der Waals surface area contributed by atoms with E-state index in [1.165, 1.54) is 19.3 Å². The monoisotopic (exact) mass is 389 g/mol. The number of carbonyl (C=O) groups excluding carboxylic acids is 2. The molecule has 1 aromatic rings. The summed E-state index contributed by atoms with van der Waals surface area (Å²) in [4.78, 5) is 34.6. The number of carbonyl (C=O) groups is 3. The number of urea groups is 1. The van der Waals surface area contributed by atoms with Crippen LogP contribution in [0.3, 0.4) is 0 Å². The summed E-state index contributed by atoms with van der Waals surface area (Å²) in [6.45, 7) is 0.609. The summed E-state index contributed by atoms with van der Waals surface area (Å²) in [5.74, 6) is -0.986. The molecule has 0 aliphatic heterocycles. The third-order valence-corrected chi connectivity index (χ3v) is 4.87. The van der Waals surface area contributed by atoms with Gasteiger partial charge >= 0.3 is 12.0 Å². The second-order valence-electron chi connectivity index (χ2n) is 7.36. The maximum Gasteiger partial charge on any atom is 0.315 e. The van der Waals surface area contributed by atoms with Crippen molar-refractivity contribution in [1.82, 2.24) is 10.6 Å². The van der Waals surface area contributed by atoms with E-state index >= 15 is 0 Å². The molecule has 1 fully saturated rings. The molecule has 0 radical (unpaired) electrons. The lowest BCUT2D eigenvalue weighted by Crippen LogP contribution is -2.43. The van der Waals surface area contributed by atoms with Crippen molar-refractivity contribution in [3.63, 3.8) is 0 Å². The Balaban J connectivity index is 1.53. The molecule has 0 unspecified atom stereocenters. The van der Waals surface area contributed by atoms with Crippen LogP contribution >= 0.6 is 0 Å². The highest BCUT2D eigenvalue weighted by molar-refractivity contribution is 5.90. The first-order valence-corrected chi connectivity index (χ1v) is 10.2. The molecular weight excluding hydrogens is 358 g/mol. The molecule has 1 saturated carbocycles. The van der Waals surface area contributed by atoms with E-state index in [2.05, 4.69) is 16.0 Å². The lowest BCUT2D eigenvalue weighted by Gasteiger charge is -2.22. The van der Waals surface area contributed by atoms with Crippen LogP contribution < -0.4 is 16.0 Å². The molecule has 0 saturated heterocycles. The van der Waals surface area contributed by atoms with Crippen LogP contribution in [0.2, 0.25) is 0 Å². The third-order valence-electron chi connectivity index (χ3n) is 4.87. The lowest BCUT2D eigenvalue weighted by molar-refractivity contribution is -0.136. The van der Waals surface area contributed by atoms with E-state index in [0.717, 1.165) is 32.1 Å². The van der Waals surface area contributed by atoms with Crippen molar-refractivity contribution in [3.8, 4) is 0 Å². The predicted octanol–water partition coefficient (Wildman–Crippen LogP) is 3.44. The molecule has 0 heterocycles. The fraction of sp³-hybridized carbons (Fsp3) is 0.571. The Morgan fingerprint density at radius 3 is 2.57 bits per heavy atom. The smallest absolute Gasteiger partial charge is 0.315 e. The Labute approximate surface area is 166 Å². The maximum atomic E-state index is 12.0. The summed E-state index contributed by atoms with van der Waals surface area (Å²) in [6, 6.07) is 7.11. The molecule has 1 aromatic carbocycles. The molecule has 7 heteroatoms. The van der Waals surface area contributed by atoms with Gasteiger partial charge in [-0.25, -0.2) is 4.79 Å². The van der Waals surface area contributed by atoms with Gasteiger partial charge in [0.25, 0.3) is 0 Å². The van der Waals surface area contributed by atoms with E-state index < -0.39 is 5.97 Å². The zero-order chi connectivity index (χ0) is 20.2. The van der Waals surface area contributed by atoms with Crippen molar-refractivity contribution in [3.05, 3.63) is 29.8 Å². The third kappa shape index (κ3) is 8.88. The van der Waals surface area contributed by atoms with E-state index in [0.29, 0.717) is 30.3 Å². The quantitative estimate of drug-likeness (QED) is 0.460. The highest BCUT2D eigenvalue weighted by atomic mass is 16.4. The average Bonchev–Trinajstić information content (AvgIpc) is 2.65. The SMILES string of the molecule is O=C(O)Cc1cccc(NC(=O)CCCCCNC(=O)NC2CCCCC2)c1. The molecule has 0 spiro atoms. The minimum Gasteiger partial charge on any atom is -0.481 e. The van der Waals surface area contributed by atoms with Crippen molar-refractivity contribution in [1.29, 1.82) is 0 Å². The number of unbranched alkanes of at least 4 members (excludes halogenated alkanes) is 2. The van der Waals surface area contributed by atoms with Crippen LogP contribution in [0, 0.1) is 0 Å². The van der Waals surface area contributed by atoms with Gasteiger partial charge in [-0.15, -0.1) is 0 Å². The molecule has 7 nitrogen and oxygen atoms in total. The first-order valence-electron chi connectivity index (χ1n) is 10.2. The first-order chi connectivity index (χ1) is 13.5. The topological polar surface area (TPSA) is 108 Å². The molecule has 154 valence electrons.